The van der Waals surface area contributed by atoms with Gasteiger partial charge >= 0.3 is 6.08 Å². The summed E-state index contributed by atoms with van der Waals surface area (Å²) < 4.78 is 42.6. The fraction of sp³-hybridized carbons (Fsp3) is 0.333. The van der Waals surface area contributed by atoms with E-state index in [1.807, 2.05) is 0 Å². The highest BCUT2D eigenvalue weighted by atomic mass is 28.3. The molecule has 0 aromatic heterocycles. The highest BCUT2D eigenvalue weighted by Gasteiger charge is 2.15. The van der Waals surface area contributed by atoms with E-state index in [4.69, 9.17) is 4.74 Å². The van der Waals surface area contributed by atoms with Gasteiger partial charge in [0.15, 0.2) is 5.83 Å². The monoisotopic (exact) mass is 260 g/mol. The molecule has 0 aliphatic rings. The van der Waals surface area contributed by atoms with Crippen molar-refractivity contribution in [3.8, 4) is 5.75 Å². The summed E-state index contributed by atoms with van der Waals surface area (Å²) in [4.78, 5) is 0. The van der Waals surface area contributed by atoms with Gasteiger partial charge in [0.25, 0.3) is 0 Å². The van der Waals surface area contributed by atoms with E-state index in [1.165, 1.54) is 18.2 Å². The topological polar surface area (TPSA) is 9.23 Å². The van der Waals surface area contributed by atoms with E-state index in [2.05, 4.69) is 19.6 Å². The predicted octanol–water partition coefficient (Wildman–Crippen LogP) is 4.48. The summed E-state index contributed by atoms with van der Waals surface area (Å²) >= 11 is 0. The molecule has 0 saturated heterocycles. The molecule has 0 heterocycles. The number of halogens is 3. The standard InChI is InChI=1S/C12H15F3OSi/c1-17(2,3)8-16-10-6-4-5-9(7-10)11(13)12(14)15/h4-7H,8H2,1-3H3. The SMILES string of the molecule is C[Si](C)(C)COc1cccc(C(F)=C(F)F)c1. The van der Waals surface area contributed by atoms with Crippen LogP contribution in [0, 0.1) is 0 Å². The van der Waals surface area contributed by atoms with Crippen LogP contribution in [0.5, 0.6) is 5.75 Å². The van der Waals surface area contributed by atoms with Gasteiger partial charge in [0.1, 0.15) is 5.75 Å². The van der Waals surface area contributed by atoms with E-state index in [1.54, 1.807) is 6.07 Å². The zero-order valence-corrected chi connectivity index (χ0v) is 11.1. The molecule has 1 aromatic carbocycles. The van der Waals surface area contributed by atoms with Crippen molar-refractivity contribution in [3.05, 3.63) is 35.9 Å². The maximum Gasteiger partial charge on any atom is 0.306 e. The zero-order valence-electron chi connectivity index (χ0n) is 10.1. The van der Waals surface area contributed by atoms with Gasteiger partial charge < -0.3 is 4.74 Å². The van der Waals surface area contributed by atoms with Crippen molar-refractivity contribution >= 4 is 13.9 Å². The molecule has 1 aromatic rings. The molecule has 17 heavy (non-hydrogen) atoms. The minimum absolute atomic E-state index is 0.155. The Labute approximate surface area is 99.9 Å². The van der Waals surface area contributed by atoms with Crippen molar-refractivity contribution in [2.75, 3.05) is 6.23 Å². The van der Waals surface area contributed by atoms with Crippen LogP contribution < -0.4 is 4.74 Å². The van der Waals surface area contributed by atoms with E-state index < -0.39 is 20.0 Å². The van der Waals surface area contributed by atoms with Crippen LogP contribution >= 0.6 is 0 Å². The molecule has 0 atom stereocenters. The molecular formula is C12H15F3OSi. The first-order valence-electron chi connectivity index (χ1n) is 5.23. The van der Waals surface area contributed by atoms with Crippen LogP contribution in [0.2, 0.25) is 19.6 Å². The third kappa shape index (κ3) is 4.64. The number of hydrogen-bond donors (Lipinski definition) is 0. The second-order valence-electron chi connectivity index (χ2n) is 4.95. The summed E-state index contributed by atoms with van der Waals surface area (Å²) in [6, 6.07) is 5.70. The average molecular weight is 260 g/mol. The smallest absolute Gasteiger partial charge is 0.306 e. The Morgan fingerprint density at radius 1 is 1.18 bits per heavy atom. The van der Waals surface area contributed by atoms with Crippen molar-refractivity contribution < 1.29 is 17.9 Å². The first kappa shape index (κ1) is 13.8. The summed E-state index contributed by atoms with van der Waals surface area (Å²) in [6.07, 6.45) is -1.74. The summed E-state index contributed by atoms with van der Waals surface area (Å²) in [5, 5.41) is 0. The van der Waals surface area contributed by atoms with Crippen LogP contribution in [-0.2, 0) is 0 Å². The first-order valence-corrected chi connectivity index (χ1v) is 8.94. The molecule has 0 unspecified atom stereocenters. The molecule has 0 radical (unpaired) electrons. The van der Waals surface area contributed by atoms with E-state index in [0.29, 0.717) is 12.0 Å². The predicted molar refractivity (Wildman–Crippen MR) is 65.5 cm³/mol. The van der Waals surface area contributed by atoms with Crippen molar-refractivity contribution in [2.24, 2.45) is 0 Å². The molecule has 0 amide bonds. The average Bonchev–Trinajstić information content (AvgIpc) is 2.24. The minimum Gasteiger partial charge on any atom is -0.497 e. The van der Waals surface area contributed by atoms with Gasteiger partial charge in [-0.05, 0) is 12.1 Å². The summed E-state index contributed by atoms with van der Waals surface area (Å²) in [7, 11) is -1.38. The van der Waals surface area contributed by atoms with Gasteiger partial charge in [0.05, 0.1) is 14.3 Å². The maximum absolute atomic E-state index is 13.0. The second-order valence-corrected chi connectivity index (χ2v) is 10.4. The second kappa shape index (κ2) is 5.40. The van der Waals surface area contributed by atoms with Gasteiger partial charge in [-0.2, -0.15) is 8.78 Å². The Morgan fingerprint density at radius 2 is 1.82 bits per heavy atom. The van der Waals surface area contributed by atoms with Gasteiger partial charge in [-0.1, -0.05) is 31.8 Å². The summed E-state index contributed by atoms with van der Waals surface area (Å²) in [5.74, 6) is -1.08. The van der Waals surface area contributed by atoms with Crippen molar-refractivity contribution in [2.45, 2.75) is 19.6 Å². The van der Waals surface area contributed by atoms with Gasteiger partial charge in [-0.15, -0.1) is 0 Å². The molecule has 0 saturated carbocycles. The molecule has 0 fully saturated rings. The molecule has 0 N–H and O–H groups in total. The van der Waals surface area contributed by atoms with E-state index in [0.717, 1.165) is 0 Å². The van der Waals surface area contributed by atoms with Crippen LogP contribution in [0.1, 0.15) is 5.56 Å². The molecule has 0 aliphatic heterocycles. The van der Waals surface area contributed by atoms with E-state index >= 15 is 0 Å². The Kier molecular flexibility index (Phi) is 4.39. The van der Waals surface area contributed by atoms with E-state index in [9.17, 15) is 13.2 Å². The molecular weight excluding hydrogens is 245 g/mol. The third-order valence-corrected chi connectivity index (χ3v) is 2.94. The van der Waals surface area contributed by atoms with Crippen LogP contribution in [0.4, 0.5) is 13.2 Å². The molecule has 0 aliphatic carbocycles. The van der Waals surface area contributed by atoms with Gasteiger partial charge in [0, 0.05) is 5.56 Å². The minimum atomic E-state index is -2.31. The fourth-order valence-electron chi connectivity index (χ4n) is 1.13. The lowest BCUT2D eigenvalue weighted by Gasteiger charge is -2.16. The Bertz CT molecular complexity index is 420. The Hall–Kier alpha value is -1.23. The quantitative estimate of drug-likeness (QED) is 0.725. The molecule has 1 nitrogen and oxygen atoms in total. The van der Waals surface area contributed by atoms with Crippen molar-refractivity contribution in [1.82, 2.24) is 0 Å². The number of benzene rings is 1. The normalized spacial score (nSPS) is 11.2. The van der Waals surface area contributed by atoms with Gasteiger partial charge in [-0.25, -0.2) is 4.39 Å². The lowest BCUT2D eigenvalue weighted by Crippen LogP contribution is -2.29. The van der Waals surface area contributed by atoms with E-state index in [-0.39, 0.29) is 5.56 Å². The maximum atomic E-state index is 13.0. The number of hydrogen-bond acceptors (Lipinski definition) is 1. The highest BCUT2D eigenvalue weighted by Crippen LogP contribution is 2.25. The number of ether oxygens (including phenoxy) is 1. The summed E-state index contributed by atoms with van der Waals surface area (Å²) in [6.45, 7) is 6.37. The molecule has 1 rings (SSSR count). The Morgan fingerprint density at radius 3 is 2.35 bits per heavy atom. The molecule has 94 valence electrons. The molecule has 0 spiro atoms. The van der Waals surface area contributed by atoms with Crippen LogP contribution in [0.3, 0.4) is 0 Å². The van der Waals surface area contributed by atoms with Crippen molar-refractivity contribution in [1.29, 1.82) is 0 Å². The Balaban J connectivity index is 2.84. The molecule has 5 heteroatoms. The largest absolute Gasteiger partial charge is 0.497 e. The first-order chi connectivity index (χ1) is 7.79. The lowest BCUT2D eigenvalue weighted by atomic mass is 10.2. The van der Waals surface area contributed by atoms with Gasteiger partial charge in [0.2, 0.25) is 0 Å². The van der Waals surface area contributed by atoms with Crippen LogP contribution in [-0.4, -0.2) is 14.3 Å². The molecule has 0 bridgehead atoms. The van der Waals surface area contributed by atoms with Gasteiger partial charge in [-0.3, -0.25) is 0 Å². The summed E-state index contributed by atoms with van der Waals surface area (Å²) in [5.41, 5.74) is -0.155. The third-order valence-electron chi connectivity index (χ3n) is 1.93. The highest BCUT2D eigenvalue weighted by molar-refractivity contribution is 6.76. The van der Waals surface area contributed by atoms with Crippen LogP contribution in [0.25, 0.3) is 5.83 Å². The number of rotatable bonds is 4. The zero-order chi connectivity index (χ0) is 13.1. The fourth-order valence-corrected chi connectivity index (χ4v) is 1.73. The lowest BCUT2D eigenvalue weighted by molar-refractivity contribution is 0.377. The van der Waals surface area contributed by atoms with Crippen LogP contribution in [0.15, 0.2) is 30.3 Å². The van der Waals surface area contributed by atoms with Crippen molar-refractivity contribution in [3.63, 3.8) is 0 Å².